The molecule has 6 atom stereocenters. The van der Waals surface area contributed by atoms with Gasteiger partial charge in [0, 0.05) is 97.1 Å². The Balaban J connectivity index is 1.07. The highest BCUT2D eigenvalue weighted by Crippen LogP contribution is 2.50. The number of rotatable bonds is 43. The Morgan fingerprint density at radius 1 is 0.642 bits per heavy atom. The quantitative estimate of drug-likeness (QED) is 0.0175. The van der Waals surface area contributed by atoms with Gasteiger partial charge in [0.1, 0.15) is 47.4 Å². The lowest BCUT2D eigenvalue weighted by molar-refractivity contribution is -0.277. The number of amides is 3. The average molecular weight is 1350 g/mol. The summed E-state index contributed by atoms with van der Waals surface area (Å²) in [7, 11) is 3.35. The van der Waals surface area contributed by atoms with Crippen molar-refractivity contribution in [1.29, 1.82) is 5.26 Å². The number of benzene rings is 3. The number of carbonyl (C=O) groups is 7. The van der Waals surface area contributed by atoms with Crippen LogP contribution in [0.2, 0.25) is 0 Å². The Bertz CT molecular complexity index is 2760. The van der Waals surface area contributed by atoms with Gasteiger partial charge < -0.3 is 67.2 Å². The van der Waals surface area contributed by atoms with Crippen molar-refractivity contribution in [3.05, 3.63) is 89.5 Å². The van der Waals surface area contributed by atoms with Gasteiger partial charge in [-0.3, -0.25) is 33.6 Å². The summed E-state index contributed by atoms with van der Waals surface area (Å²) in [6, 6.07) is 25.1. The molecule has 2 saturated heterocycles. The molecule has 2 N–H and O–H groups in total. The van der Waals surface area contributed by atoms with Crippen molar-refractivity contribution in [3.8, 4) is 23.3 Å². The average Bonchev–Trinajstić information content (AvgIpc) is 0.754. The number of Topliss-reactive ketones (excluding diaryl/α,β-unsaturated/α-hetero) is 1. The highest BCUT2D eigenvalue weighted by Gasteiger charge is 2.52. The van der Waals surface area contributed by atoms with Crippen molar-refractivity contribution in [2.45, 2.75) is 213 Å². The molecule has 0 aromatic heterocycles. The predicted octanol–water partition coefficient (Wildman–Crippen LogP) is 10.7. The second kappa shape index (κ2) is 41.4. The fraction of sp³-hybridized carbons (Fsp3) is 0.634. The van der Waals surface area contributed by atoms with E-state index in [1.165, 1.54) is 20.8 Å². The fourth-order valence-electron chi connectivity index (χ4n) is 11.9. The van der Waals surface area contributed by atoms with Crippen molar-refractivity contribution >= 4 is 49.9 Å². The van der Waals surface area contributed by atoms with Gasteiger partial charge in [0.25, 0.3) is 8.53 Å². The van der Waals surface area contributed by atoms with E-state index >= 15 is 0 Å². The molecular formula is C71H104N5O18P. The van der Waals surface area contributed by atoms with E-state index in [2.05, 4.69) is 49.1 Å². The topological polar surface area (TPSA) is 275 Å². The van der Waals surface area contributed by atoms with E-state index in [-0.39, 0.29) is 69.1 Å². The lowest BCUT2D eigenvalue weighted by Gasteiger charge is -2.46. The first-order valence-corrected chi connectivity index (χ1v) is 34.6. The second-order valence-corrected chi connectivity index (χ2v) is 26.3. The molecule has 0 saturated carbocycles. The van der Waals surface area contributed by atoms with Gasteiger partial charge in [-0.25, -0.2) is 4.67 Å². The predicted molar refractivity (Wildman–Crippen MR) is 357 cm³/mol. The maximum absolute atomic E-state index is 14.0. The van der Waals surface area contributed by atoms with Gasteiger partial charge in [0.15, 0.2) is 18.5 Å². The van der Waals surface area contributed by atoms with Crippen molar-refractivity contribution in [3.63, 3.8) is 0 Å². The number of ether oxygens (including phenoxy) is 9. The molecule has 2 heterocycles. The Morgan fingerprint density at radius 2 is 1.15 bits per heavy atom. The summed E-state index contributed by atoms with van der Waals surface area (Å²) in [5, 5.41) is 15.2. The van der Waals surface area contributed by atoms with Crippen LogP contribution in [0.25, 0.3) is 0 Å². The third-order valence-electron chi connectivity index (χ3n) is 16.9. The standard InChI is InChI=1S/C71H104N5O18P/c1-50(2)76(51(3)4)95(90-46-22-41-72)91-49-70(48-89-71(56-27-33-60(84-9)34-28-56,57-29-35-61(85-10)36-30-57)58-31-37-62(86-11)38-32-58)39-43-75(44-40-70)65(83)26-18-14-15-20-42-73-64(82)25-17-13-12-16-23-59(81)24-19-21-45-87-69-66(74-52(5)77)68(93-55(8)80)67(92-54(7)79)63(94-69)47-88-53(6)78/h27-38,50-51,63,66-69H,12-26,39-40,42-49H2,1-11H3,(H,73,82)(H,74,77)/t63-,66-,67+,68-,69-,95?/m1/s1. The molecule has 0 spiro atoms. The van der Waals surface area contributed by atoms with Gasteiger partial charge in [-0.05, 0) is 132 Å². The number of ketones is 1. The van der Waals surface area contributed by atoms with Crippen molar-refractivity contribution in [2.24, 2.45) is 5.41 Å². The van der Waals surface area contributed by atoms with Crippen LogP contribution in [0.3, 0.4) is 0 Å². The number of methoxy groups -OCH3 is 3. The molecule has 95 heavy (non-hydrogen) atoms. The first-order chi connectivity index (χ1) is 45.6. The lowest BCUT2D eigenvalue weighted by atomic mass is 9.77. The number of piperidine rings is 1. The Kier molecular flexibility index (Phi) is 34.4. The van der Waals surface area contributed by atoms with Crippen LogP contribution in [0.15, 0.2) is 72.8 Å². The highest BCUT2D eigenvalue weighted by atomic mass is 31.2. The monoisotopic (exact) mass is 1350 g/mol. The number of unbranched alkanes of at least 4 members (excludes halogenated alkanes) is 7. The SMILES string of the molecule is COc1ccc(C(OCC2(COP(OCCC#N)N(C(C)C)C(C)C)CCN(C(=O)CCCCCCNC(=O)CCCCCCC(=O)CCCCO[C@@H]3O[C@H](COC(C)=O)[C@H](OC(C)=O)[C@H](OC(C)=O)[C@H]3NC(C)=O)CC2)(c2ccc(OC)cc2)c2ccc(OC)cc2)cc1. The minimum absolute atomic E-state index is 0.00307. The molecule has 23 nitrogen and oxygen atoms in total. The number of nitrogens with zero attached hydrogens (tertiary/aromatic N) is 3. The number of hydrogen-bond acceptors (Lipinski definition) is 20. The van der Waals surface area contributed by atoms with Gasteiger partial charge in [0.05, 0.1) is 53.6 Å². The van der Waals surface area contributed by atoms with E-state index in [1.54, 1.807) is 21.3 Å². The molecule has 526 valence electrons. The number of nitriles is 1. The summed E-state index contributed by atoms with van der Waals surface area (Å²) in [6.45, 7) is 15.4. The van der Waals surface area contributed by atoms with Crippen molar-refractivity contribution < 1.29 is 85.2 Å². The molecule has 2 aliphatic rings. The summed E-state index contributed by atoms with van der Waals surface area (Å²) in [4.78, 5) is 89.4. The summed E-state index contributed by atoms with van der Waals surface area (Å²) in [5.74, 6) is -0.172. The van der Waals surface area contributed by atoms with Crippen LogP contribution in [0, 0.1) is 16.7 Å². The van der Waals surface area contributed by atoms with Crippen LogP contribution in [-0.2, 0) is 76.6 Å². The molecule has 3 aromatic carbocycles. The molecule has 3 aromatic rings. The van der Waals surface area contributed by atoms with Crippen LogP contribution >= 0.6 is 8.53 Å². The Morgan fingerprint density at radius 3 is 1.64 bits per heavy atom. The maximum Gasteiger partial charge on any atom is 0.303 e. The Labute approximate surface area is 563 Å². The van der Waals surface area contributed by atoms with Crippen LogP contribution in [0.4, 0.5) is 0 Å². The van der Waals surface area contributed by atoms with E-state index in [1.807, 2.05) is 77.7 Å². The second-order valence-electron chi connectivity index (χ2n) is 24.9. The van der Waals surface area contributed by atoms with Crippen LogP contribution < -0.4 is 24.8 Å². The van der Waals surface area contributed by atoms with Gasteiger partial charge >= 0.3 is 17.9 Å². The first kappa shape index (κ1) is 78.9. The van der Waals surface area contributed by atoms with E-state index in [9.17, 15) is 38.8 Å². The molecule has 5 rings (SSSR count). The minimum atomic E-state index is -1.58. The molecule has 24 heteroatoms. The number of nitrogens with one attached hydrogen (secondary N) is 2. The third kappa shape index (κ3) is 25.6. The van der Waals surface area contributed by atoms with Crippen LogP contribution in [-0.4, -0.2) is 168 Å². The zero-order valence-electron chi connectivity index (χ0n) is 57.8. The summed E-state index contributed by atoms with van der Waals surface area (Å²) in [6.07, 6.45) is 5.67. The zero-order valence-corrected chi connectivity index (χ0v) is 58.7. The fourth-order valence-corrected chi connectivity index (χ4v) is 13.7. The molecule has 2 fully saturated rings. The van der Waals surface area contributed by atoms with Gasteiger partial charge in [0.2, 0.25) is 17.7 Å². The van der Waals surface area contributed by atoms with Crippen molar-refractivity contribution in [1.82, 2.24) is 20.2 Å². The largest absolute Gasteiger partial charge is 0.497 e. The highest BCUT2D eigenvalue weighted by molar-refractivity contribution is 7.44. The molecule has 0 aliphatic carbocycles. The van der Waals surface area contributed by atoms with E-state index in [4.69, 9.17) is 51.7 Å². The molecule has 1 unspecified atom stereocenters. The van der Waals surface area contributed by atoms with E-state index in [0.29, 0.717) is 101 Å². The summed E-state index contributed by atoms with van der Waals surface area (Å²) in [5.41, 5.74) is 0.936. The molecule has 0 bridgehead atoms. The lowest BCUT2D eigenvalue weighted by Crippen LogP contribution is -2.66. The van der Waals surface area contributed by atoms with E-state index in [0.717, 1.165) is 62.1 Å². The number of esters is 3. The zero-order chi connectivity index (χ0) is 69.3. The molecule has 3 amide bonds. The summed E-state index contributed by atoms with van der Waals surface area (Å²) < 4.78 is 68.2. The number of likely N-dealkylation sites (tertiary alicyclic amines) is 1. The maximum atomic E-state index is 14.0. The first-order valence-electron chi connectivity index (χ1n) is 33.5. The summed E-state index contributed by atoms with van der Waals surface area (Å²) >= 11 is 0. The van der Waals surface area contributed by atoms with Gasteiger partial charge in [-0.2, -0.15) is 5.26 Å². The number of carbonyl (C=O) groups excluding carboxylic acids is 7. The van der Waals surface area contributed by atoms with Crippen LogP contribution in [0.5, 0.6) is 17.2 Å². The Hall–Kier alpha value is -6.77. The van der Waals surface area contributed by atoms with Crippen molar-refractivity contribution in [2.75, 3.05) is 74.0 Å². The smallest absolute Gasteiger partial charge is 0.303 e. The normalized spacial score (nSPS) is 18.1. The van der Waals surface area contributed by atoms with E-state index < -0.39 is 74.0 Å². The number of hydrogen-bond donors (Lipinski definition) is 2. The third-order valence-corrected chi connectivity index (χ3v) is 18.9. The molecular weight excluding hydrogens is 1240 g/mol. The molecule has 2 aliphatic heterocycles. The van der Waals surface area contributed by atoms with Crippen LogP contribution in [0.1, 0.15) is 181 Å². The van der Waals surface area contributed by atoms with Gasteiger partial charge in [-0.15, -0.1) is 0 Å². The van der Waals surface area contributed by atoms with Gasteiger partial charge in [-0.1, -0.05) is 62.1 Å². The molecule has 0 radical (unpaired) electrons. The minimum Gasteiger partial charge on any atom is -0.497 e.